The summed E-state index contributed by atoms with van der Waals surface area (Å²) in [4.78, 5) is 20.1. The zero-order chi connectivity index (χ0) is 15.1. The zero-order valence-electron chi connectivity index (χ0n) is 12.2. The molecule has 2 rings (SSSR count). The van der Waals surface area contributed by atoms with Crippen molar-refractivity contribution in [1.29, 1.82) is 0 Å². The van der Waals surface area contributed by atoms with Crippen molar-refractivity contribution in [2.45, 2.75) is 37.9 Å². The van der Waals surface area contributed by atoms with Gasteiger partial charge in [-0.1, -0.05) is 25.6 Å². The van der Waals surface area contributed by atoms with Crippen LogP contribution in [0.5, 0.6) is 0 Å². The van der Waals surface area contributed by atoms with Gasteiger partial charge >= 0.3 is 0 Å². The predicted molar refractivity (Wildman–Crippen MR) is 82.9 cm³/mol. The molecule has 0 saturated carbocycles. The molecule has 0 aliphatic carbocycles. The van der Waals surface area contributed by atoms with Gasteiger partial charge in [0.15, 0.2) is 5.82 Å². The maximum Gasteiger partial charge on any atom is 0.230 e. The van der Waals surface area contributed by atoms with Gasteiger partial charge in [0.05, 0.1) is 5.75 Å². The van der Waals surface area contributed by atoms with Crippen LogP contribution in [0.1, 0.15) is 26.7 Å². The molecule has 2 aromatic rings. The average molecular weight is 305 g/mol. The van der Waals surface area contributed by atoms with Crippen LogP contribution < -0.4 is 5.32 Å². The summed E-state index contributed by atoms with van der Waals surface area (Å²) < 4.78 is 0. The number of pyridine rings is 1. The van der Waals surface area contributed by atoms with E-state index in [1.165, 1.54) is 11.8 Å². The van der Waals surface area contributed by atoms with Gasteiger partial charge in [0.25, 0.3) is 0 Å². The Morgan fingerprint density at radius 2 is 2.05 bits per heavy atom. The van der Waals surface area contributed by atoms with E-state index >= 15 is 0 Å². The number of carbonyl (C=O) groups excluding carboxylic acids is 1. The molecule has 0 aliphatic heterocycles. The van der Waals surface area contributed by atoms with Crippen molar-refractivity contribution >= 4 is 17.7 Å². The first kappa shape index (κ1) is 15.5. The van der Waals surface area contributed by atoms with Gasteiger partial charge in [-0.3, -0.25) is 14.9 Å². The minimum absolute atomic E-state index is 0.0176. The van der Waals surface area contributed by atoms with Crippen molar-refractivity contribution in [3.05, 3.63) is 24.5 Å². The molecular formula is C14H19N5OS. The molecular weight excluding hydrogens is 286 g/mol. The minimum atomic E-state index is 0.0176. The molecule has 2 aromatic heterocycles. The lowest BCUT2D eigenvalue weighted by molar-refractivity contribution is -0.119. The van der Waals surface area contributed by atoms with E-state index in [9.17, 15) is 4.79 Å². The Bertz CT molecular complexity index is 568. The van der Waals surface area contributed by atoms with E-state index in [2.05, 4.69) is 39.3 Å². The van der Waals surface area contributed by atoms with Gasteiger partial charge < -0.3 is 5.32 Å². The fraction of sp³-hybridized carbons (Fsp3) is 0.429. The zero-order valence-corrected chi connectivity index (χ0v) is 13.0. The predicted octanol–water partition coefficient (Wildman–Crippen LogP) is 2.26. The Kier molecular flexibility index (Phi) is 5.74. The SMILES string of the molecule is CCC(CC)NC(=O)CSc1n[nH]c(-c2ccncc2)n1. The van der Waals surface area contributed by atoms with Crippen LogP contribution in [0.4, 0.5) is 0 Å². The summed E-state index contributed by atoms with van der Waals surface area (Å²) in [7, 11) is 0. The lowest BCUT2D eigenvalue weighted by Crippen LogP contribution is -2.35. The summed E-state index contributed by atoms with van der Waals surface area (Å²) in [5, 5.41) is 10.5. The maximum atomic E-state index is 11.8. The van der Waals surface area contributed by atoms with Crippen LogP contribution >= 0.6 is 11.8 Å². The molecule has 112 valence electrons. The van der Waals surface area contributed by atoms with Gasteiger partial charge in [0.1, 0.15) is 0 Å². The third-order valence-electron chi connectivity index (χ3n) is 3.10. The topological polar surface area (TPSA) is 83.6 Å². The highest BCUT2D eigenvalue weighted by Crippen LogP contribution is 2.18. The molecule has 7 heteroatoms. The van der Waals surface area contributed by atoms with Crippen LogP contribution in [-0.4, -0.2) is 37.9 Å². The molecule has 0 unspecified atom stereocenters. The number of hydrogen-bond acceptors (Lipinski definition) is 5. The summed E-state index contributed by atoms with van der Waals surface area (Å²) in [5.41, 5.74) is 0.922. The summed E-state index contributed by atoms with van der Waals surface area (Å²) in [6, 6.07) is 3.96. The number of aromatic amines is 1. The maximum absolute atomic E-state index is 11.8. The molecule has 0 bridgehead atoms. The van der Waals surface area contributed by atoms with E-state index in [4.69, 9.17) is 0 Å². The molecule has 0 spiro atoms. The lowest BCUT2D eigenvalue weighted by Gasteiger charge is -2.13. The highest BCUT2D eigenvalue weighted by Gasteiger charge is 2.11. The molecule has 2 N–H and O–H groups in total. The van der Waals surface area contributed by atoms with Gasteiger partial charge in [-0.15, -0.1) is 5.10 Å². The Morgan fingerprint density at radius 1 is 1.33 bits per heavy atom. The molecule has 1 amide bonds. The summed E-state index contributed by atoms with van der Waals surface area (Å²) in [6.07, 6.45) is 5.29. The number of rotatable bonds is 7. The molecule has 0 aromatic carbocycles. The average Bonchev–Trinajstić information content (AvgIpc) is 3.00. The Balaban J connectivity index is 1.87. The normalized spacial score (nSPS) is 10.8. The standard InChI is InChI=1S/C14H19N5OS/c1-3-11(4-2)16-12(20)9-21-14-17-13(18-19-14)10-5-7-15-8-6-10/h5-8,11H,3-4,9H2,1-2H3,(H,16,20)(H,17,18,19). The van der Waals surface area contributed by atoms with Gasteiger partial charge in [-0.2, -0.15) is 0 Å². The second-order valence-electron chi connectivity index (χ2n) is 4.57. The van der Waals surface area contributed by atoms with Crippen LogP contribution in [0.25, 0.3) is 11.4 Å². The third kappa shape index (κ3) is 4.56. The second-order valence-corrected chi connectivity index (χ2v) is 5.51. The van der Waals surface area contributed by atoms with Crippen molar-refractivity contribution < 1.29 is 4.79 Å². The molecule has 21 heavy (non-hydrogen) atoms. The fourth-order valence-electron chi connectivity index (χ4n) is 1.84. The van der Waals surface area contributed by atoms with Crippen LogP contribution in [0.15, 0.2) is 29.7 Å². The van der Waals surface area contributed by atoms with Crippen molar-refractivity contribution in [2.24, 2.45) is 0 Å². The number of thioether (sulfide) groups is 1. The fourth-order valence-corrected chi connectivity index (χ4v) is 2.45. The highest BCUT2D eigenvalue weighted by molar-refractivity contribution is 7.99. The number of hydrogen-bond donors (Lipinski definition) is 2. The third-order valence-corrected chi connectivity index (χ3v) is 3.95. The monoisotopic (exact) mass is 305 g/mol. The largest absolute Gasteiger partial charge is 0.353 e. The molecule has 0 aliphatic rings. The van der Waals surface area contributed by atoms with Crippen molar-refractivity contribution in [2.75, 3.05) is 5.75 Å². The first-order valence-electron chi connectivity index (χ1n) is 6.97. The minimum Gasteiger partial charge on any atom is -0.353 e. The molecule has 2 heterocycles. The second kappa shape index (κ2) is 7.78. The molecule has 6 nitrogen and oxygen atoms in total. The Hall–Kier alpha value is -1.89. The van der Waals surface area contributed by atoms with E-state index in [1.54, 1.807) is 12.4 Å². The number of H-pyrrole nitrogens is 1. The van der Waals surface area contributed by atoms with Crippen molar-refractivity contribution in [3.63, 3.8) is 0 Å². The van der Waals surface area contributed by atoms with Crippen molar-refractivity contribution in [1.82, 2.24) is 25.5 Å². The molecule has 0 saturated heterocycles. The van der Waals surface area contributed by atoms with Crippen LogP contribution in [0, 0.1) is 0 Å². The molecule has 0 fully saturated rings. The van der Waals surface area contributed by atoms with Crippen LogP contribution in [0.3, 0.4) is 0 Å². The van der Waals surface area contributed by atoms with E-state index in [0.717, 1.165) is 18.4 Å². The quantitative estimate of drug-likeness (QED) is 0.767. The van der Waals surface area contributed by atoms with Gasteiger partial charge in [0, 0.05) is 24.0 Å². The van der Waals surface area contributed by atoms with Gasteiger partial charge in [0.2, 0.25) is 11.1 Å². The summed E-state index contributed by atoms with van der Waals surface area (Å²) in [5.74, 6) is 1.02. The Labute approximate surface area is 128 Å². The van der Waals surface area contributed by atoms with Gasteiger partial charge in [-0.05, 0) is 25.0 Å². The van der Waals surface area contributed by atoms with Gasteiger partial charge in [-0.25, -0.2) is 4.98 Å². The molecule has 0 radical (unpaired) electrons. The highest BCUT2D eigenvalue weighted by atomic mass is 32.2. The van der Waals surface area contributed by atoms with E-state index < -0.39 is 0 Å². The van der Waals surface area contributed by atoms with Crippen LogP contribution in [-0.2, 0) is 4.79 Å². The Morgan fingerprint density at radius 3 is 2.71 bits per heavy atom. The first-order valence-corrected chi connectivity index (χ1v) is 7.96. The van der Waals surface area contributed by atoms with E-state index in [0.29, 0.717) is 16.7 Å². The lowest BCUT2D eigenvalue weighted by atomic mass is 10.2. The summed E-state index contributed by atoms with van der Waals surface area (Å²) in [6.45, 7) is 4.13. The van der Waals surface area contributed by atoms with Crippen molar-refractivity contribution in [3.8, 4) is 11.4 Å². The smallest absolute Gasteiger partial charge is 0.230 e. The molecule has 0 atom stereocenters. The van der Waals surface area contributed by atoms with Crippen LogP contribution in [0.2, 0.25) is 0 Å². The summed E-state index contributed by atoms with van der Waals surface area (Å²) >= 11 is 1.33. The number of amides is 1. The first-order chi connectivity index (χ1) is 10.2. The van der Waals surface area contributed by atoms with E-state index in [-0.39, 0.29) is 11.9 Å². The van der Waals surface area contributed by atoms with E-state index in [1.807, 2.05) is 12.1 Å². The number of nitrogens with one attached hydrogen (secondary N) is 2. The number of carbonyl (C=O) groups is 1. The number of nitrogens with zero attached hydrogens (tertiary/aromatic N) is 3. The number of aromatic nitrogens is 4.